The third kappa shape index (κ3) is 7.26. The summed E-state index contributed by atoms with van der Waals surface area (Å²) in [6.45, 7) is 5.52. The van der Waals surface area contributed by atoms with Crippen molar-refractivity contribution in [3.63, 3.8) is 0 Å². The summed E-state index contributed by atoms with van der Waals surface area (Å²) in [4.78, 5) is 0. The van der Waals surface area contributed by atoms with Crippen LogP contribution in [0.5, 0.6) is 0 Å². The number of allylic oxidation sites excluding steroid dienone is 3. The molecule has 0 aromatic rings. The molecule has 0 aliphatic carbocycles. The summed E-state index contributed by atoms with van der Waals surface area (Å²) in [6, 6.07) is 0. The molecule has 0 aliphatic rings. The highest BCUT2D eigenvalue weighted by atomic mass is 13.8. The van der Waals surface area contributed by atoms with Crippen LogP contribution in [-0.4, -0.2) is 0 Å². The van der Waals surface area contributed by atoms with Gasteiger partial charge in [0, 0.05) is 0 Å². The van der Waals surface area contributed by atoms with Crippen molar-refractivity contribution in [3.05, 3.63) is 30.5 Å². The molecule has 0 heteroatoms. The number of hydrogen-bond donors (Lipinski definition) is 0. The quantitative estimate of drug-likeness (QED) is 0.305. The van der Waals surface area contributed by atoms with E-state index in [0.717, 1.165) is 6.42 Å². The lowest BCUT2D eigenvalue weighted by molar-refractivity contribution is 0.868. The molecule has 0 atom stereocenters. The molecule has 0 spiro atoms. The van der Waals surface area contributed by atoms with E-state index in [1.807, 2.05) is 13.0 Å². The number of rotatable bonds is 4. The minimum Gasteiger partial charge on any atom is -0.133 e. The lowest BCUT2D eigenvalue weighted by Gasteiger charge is -1.85. The maximum absolute atomic E-state index is 3.48. The first kappa shape index (κ1) is 8.26. The third-order valence-electron chi connectivity index (χ3n) is 1.10. The Morgan fingerprint density at radius 1 is 1.44 bits per heavy atom. The molecule has 0 heterocycles. The van der Waals surface area contributed by atoms with Gasteiger partial charge in [-0.2, -0.15) is 0 Å². The molecule has 0 unspecified atom stereocenters. The molecule has 0 amide bonds. The lowest BCUT2D eigenvalue weighted by atomic mass is 10.2. The van der Waals surface area contributed by atoms with Crippen LogP contribution in [0.15, 0.2) is 30.5 Å². The van der Waals surface area contributed by atoms with Gasteiger partial charge in [-0.1, -0.05) is 18.7 Å². The van der Waals surface area contributed by atoms with Crippen molar-refractivity contribution in [2.45, 2.75) is 26.2 Å². The summed E-state index contributed by atoms with van der Waals surface area (Å²) in [6.07, 6.45) is 9.73. The van der Waals surface area contributed by atoms with Crippen LogP contribution in [0.4, 0.5) is 0 Å². The fraction of sp³-hybridized carbons (Fsp3) is 0.444. The van der Waals surface area contributed by atoms with Gasteiger partial charge in [-0.05, 0) is 32.3 Å². The maximum Gasteiger partial charge on any atom is -0.0272 e. The standard InChI is InChI=1S/C9H14/c1-3-5-7-9-8-6-4-2/h4-6H,1,7-9H2,2H3. The van der Waals surface area contributed by atoms with Gasteiger partial charge in [0.1, 0.15) is 0 Å². The van der Waals surface area contributed by atoms with Crippen LogP contribution in [-0.2, 0) is 0 Å². The Hall–Kier alpha value is -0.740. The van der Waals surface area contributed by atoms with E-state index >= 15 is 0 Å². The normalized spacial score (nSPS) is 9.44. The minimum atomic E-state index is 1.10. The van der Waals surface area contributed by atoms with E-state index in [-0.39, 0.29) is 0 Å². The van der Waals surface area contributed by atoms with Crippen molar-refractivity contribution in [1.29, 1.82) is 0 Å². The Bertz CT molecular complexity index is 114. The summed E-state index contributed by atoms with van der Waals surface area (Å²) in [5, 5.41) is 0. The topological polar surface area (TPSA) is 0 Å². The Kier molecular flexibility index (Phi) is 6.66. The van der Waals surface area contributed by atoms with Gasteiger partial charge in [-0.3, -0.25) is 0 Å². The van der Waals surface area contributed by atoms with Crippen LogP contribution in [0.3, 0.4) is 0 Å². The molecule has 0 saturated carbocycles. The van der Waals surface area contributed by atoms with Crippen molar-refractivity contribution in [2.24, 2.45) is 0 Å². The Balaban J connectivity index is 3.00. The van der Waals surface area contributed by atoms with Crippen molar-refractivity contribution < 1.29 is 0 Å². The van der Waals surface area contributed by atoms with Gasteiger partial charge in [0.05, 0.1) is 0 Å². The van der Waals surface area contributed by atoms with Crippen LogP contribution < -0.4 is 0 Å². The third-order valence-corrected chi connectivity index (χ3v) is 1.10. The lowest BCUT2D eigenvalue weighted by Crippen LogP contribution is -1.66. The zero-order valence-corrected chi connectivity index (χ0v) is 6.06. The van der Waals surface area contributed by atoms with Crippen LogP contribution in [0.2, 0.25) is 0 Å². The van der Waals surface area contributed by atoms with E-state index in [9.17, 15) is 0 Å². The summed E-state index contributed by atoms with van der Waals surface area (Å²) >= 11 is 0. The number of unbranched alkanes of at least 4 members (excludes halogenated alkanes) is 2. The van der Waals surface area contributed by atoms with Crippen molar-refractivity contribution in [1.82, 2.24) is 0 Å². The van der Waals surface area contributed by atoms with Crippen molar-refractivity contribution in [2.75, 3.05) is 0 Å². The van der Waals surface area contributed by atoms with Gasteiger partial charge in [-0.15, -0.1) is 5.73 Å². The zero-order chi connectivity index (χ0) is 6.95. The molecule has 0 N–H and O–H groups in total. The SMILES string of the molecule is C=C=CCCCC=CC. The van der Waals surface area contributed by atoms with E-state index in [2.05, 4.69) is 24.5 Å². The molecule has 0 aromatic carbocycles. The highest BCUT2D eigenvalue weighted by Crippen LogP contribution is 1.96. The van der Waals surface area contributed by atoms with E-state index in [4.69, 9.17) is 0 Å². The van der Waals surface area contributed by atoms with Gasteiger partial charge in [-0.25, -0.2) is 0 Å². The molecule has 9 heavy (non-hydrogen) atoms. The van der Waals surface area contributed by atoms with Gasteiger partial charge < -0.3 is 0 Å². The first-order chi connectivity index (χ1) is 4.41. The van der Waals surface area contributed by atoms with Gasteiger partial charge in [0.25, 0.3) is 0 Å². The molecule has 0 nitrogen and oxygen atoms in total. The Morgan fingerprint density at radius 3 is 2.78 bits per heavy atom. The van der Waals surface area contributed by atoms with E-state index < -0.39 is 0 Å². The monoisotopic (exact) mass is 122 g/mol. The molecular weight excluding hydrogens is 108 g/mol. The van der Waals surface area contributed by atoms with E-state index in [1.165, 1.54) is 12.8 Å². The van der Waals surface area contributed by atoms with Crippen LogP contribution in [0, 0.1) is 0 Å². The molecule has 0 aromatic heterocycles. The van der Waals surface area contributed by atoms with Gasteiger partial charge in [0.2, 0.25) is 0 Å². The molecule has 0 aliphatic heterocycles. The smallest absolute Gasteiger partial charge is 0.0272 e. The van der Waals surface area contributed by atoms with Gasteiger partial charge in [0.15, 0.2) is 0 Å². The van der Waals surface area contributed by atoms with E-state index in [0.29, 0.717) is 0 Å². The summed E-state index contributed by atoms with van der Waals surface area (Å²) in [5.41, 5.74) is 2.75. The first-order valence-corrected chi connectivity index (χ1v) is 3.37. The molecule has 0 radical (unpaired) electrons. The van der Waals surface area contributed by atoms with Crippen LogP contribution in [0.1, 0.15) is 26.2 Å². The average Bonchev–Trinajstić information content (AvgIpc) is 1.89. The minimum absolute atomic E-state index is 1.10. The molecule has 0 rings (SSSR count). The highest BCUT2D eigenvalue weighted by molar-refractivity contribution is 4.80. The van der Waals surface area contributed by atoms with Crippen LogP contribution >= 0.6 is 0 Å². The second-order valence-electron chi connectivity index (χ2n) is 1.91. The van der Waals surface area contributed by atoms with Crippen molar-refractivity contribution >= 4 is 0 Å². The Labute approximate surface area is 57.6 Å². The summed E-state index contributed by atoms with van der Waals surface area (Å²) in [7, 11) is 0. The van der Waals surface area contributed by atoms with Gasteiger partial charge >= 0.3 is 0 Å². The number of hydrogen-bond acceptors (Lipinski definition) is 0. The molecular formula is C9H14. The predicted octanol–water partition coefficient (Wildman–Crippen LogP) is 3.07. The fourth-order valence-corrected chi connectivity index (χ4v) is 0.606. The van der Waals surface area contributed by atoms with E-state index in [1.54, 1.807) is 0 Å². The second-order valence-corrected chi connectivity index (χ2v) is 1.91. The predicted molar refractivity (Wildman–Crippen MR) is 42.4 cm³/mol. The van der Waals surface area contributed by atoms with Crippen molar-refractivity contribution in [3.8, 4) is 0 Å². The Morgan fingerprint density at radius 2 is 2.22 bits per heavy atom. The molecule has 0 fully saturated rings. The first-order valence-electron chi connectivity index (χ1n) is 3.37. The maximum atomic E-state index is 3.48. The summed E-state index contributed by atoms with van der Waals surface area (Å²) in [5.74, 6) is 0. The highest BCUT2D eigenvalue weighted by Gasteiger charge is 1.76. The second kappa shape index (κ2) is 7.26. The molecule has 0 saturated heterocycles. The fourth-order valence-electron chi connectivity index (χ4n) is 0.606. The molecule has 0 bridgehead atoms. The average molecular weight is 122 g/mol. The largest absolute Gasteiger partial charge is 0.133 e. The van der Waals surface area contributed by atoms with Crippen LogP contribution in [0.25, 0.3) is 0 Å². The summed E-state index contributed by atoms with van der Waals surface area (Å²) < 4.78 is 0. The zero-order valence-electron chi connectivity index (χ0n) is 6.06. The molecule has 50 valence electrons.